The molecule has 2 N–H and O–H groups in total. The Balaban J connectivity index is 2.37. The lowest BCUT2D eigenvalue weighted by Gasteiger charge is -2.15. The van der Waals surface area contributed by atoms with Crippen LogP contribution in [0.25, 0.3) is 0 Å². The van der Waals surface area contributed by atoms with Crippen molar-refractivity contribution in [3.8, 4) is 0 Å². The molecule has 96 valence electrons. The summed E-state index contributed by atoms with van der Waals surface area (Å²) in [4.78, 5) is 6.56. The van der Waals surface area contributed by atoms with E-state index in [9.17, 15) is 0 Å². The van der Waals surface area contributed by atoms with Crippen LogP contribution in [0.5, 0.6) is 0 Å². The first-order valence-electron chi connectivity index (χ1n) is 6.38. The molecule has 0 amide bonds. The average molecular weight is 236 g/mol. The molecule has 0 aliphatic heterocycles. The van der Waals surface area contributed by atoms with Crippen LogP contribution in [0.3, 0.4) is 0 Å². The molecule has 4 heteroatoms. The van der Waals surface area contributed by atoms with Gasteiger partial charge < -0.3 is 15.5 Å². The van der Waals surface area contributed by atoms with Gasteiger partial charge in [-0.15, -0.1) is 0 Å². The van der Waals surface area contributed by atoms with Crippen molar-refractivity contribution < 1.29 is 0 Å². The van der Waals surface area contributed by atoms with E-state index in [2.05, 4.69) is 47.5 Å². The molecule has 0 aromatic carbocycles. The number of hydrogen-bond acceptors (Lipinski definition) is 4. The Morgan fingerprint density at radius 1 is 1.24 bits per heavy atom. The van der Waals surface area contributed by atoms with Crippen molar-refractivity contribution >= 4 is 11.5 Å². The van der Waals surface area contributed by atoms with Gasteiger partial charge in [0.2, 0.25) is 0 Å². The predicted molar refractivity (Wildman–Crippen MR) is 74.7 cm³/mol. The van der Waals surface area contributed by atoms with E-state index >= 15 is 0 Å². The Morgan fingerprint density at radius 2 is 2.06 bits per heavy atom. The molecule has 17 heavy (non-hydrogen) atoms. The van der Waals surface area contributed by atoms with Crippen molar-refractivity contribution in [3.63, 3.8) is 0 Å². The van der Waals surface area contributed by atoms with Crippen LogP contribution < -0.4 is 10.6 Å². The number of likely N-dealkylation sites (N-methyl/N-ethyl adjacent to an activating group) is 1. The van der Waals surface area contributed by atoms with E-state index in [-0.39, 0.29) is 0 Å². The highest BCUT2D eigenvalue weighted by Crippen LogP contribution is 2.11. The molecule has 0 saturated carbocycles. The molecule has 1 rings (SSSR count). The fourth-order valence-corrected chi connectivity index (χ4v) is 1.44. The second kappa shape index (κ2) is 7.90. The number of hydrogen-bond donors (Lipinski definition) is 2. The van der Waals surface area contributed by atoms with Crippen molar-refractivity contribution in [1.29, 1.82) is 0 Å². The highest BCUT2D eigenvalue weighted by molar-refractivity contribution is 5.51. The normalized spacial score (nSPS) is 10.6. The van der Waals surface area contributed by atoms with Crippen LogP contribution in [0.4, 0.5) is 11.5 Å². The third-order valence-electron chi connectivity index (χ3n) is 2.68. The zero-order valence-electron chi connectivity index (χ0n) is 11.2. The molecule has 0 radical (unpaired) electrons. The summed E-state index contributed by atoms with van der Waals surface area (Å²) in [5.41, 5.74) is 1.13. The maximum absolute atomic E-state index is 4.27. The number of nitrogens with one attached hydrogen (secondary N) is 2. The molecule has 1 aromatic rings. The van der Waals surface area contributed by atoms with Gasteiger partial charge in [0.25, 0.3) is 0 Å². The maximum Gasteiger partial charge on any atom is 0.127 e. The Kier molecular flexibility index (Phi) is 6.40. The van der Waals surface area contributed by atoms with Crippen LogP contribution in [0.2, 0.25) is 0 Å². The van der Waals surface area contributed by atoms with Gasteiger partial charge in [0.15, 0.2) is 0 Å². The molecule has 0 atom stereocenters. The first kappa shape index (κ1) is 13.8. The van der Waals surface area contributed by atoms with Crippen molar-refractivity contribution in [3.05, 3.63) is 18.3 Å². The fraction of sp³-hybridized carbons (Fsp3) is 0.615. The molecule has 0 spiro atoms. The van der Waals surface area contributed by atoms with Crippen LogP contribution in [-0.4, -0.2) is 43.1 Å². The molecule has 0 aliphatic carbocycles. The van der Waals surface area contributed by atoms with Crippen molar-refractivity contribution in [2.45, 2.75) is 20.3 Å². The lowest BCUT2D eigenvalue weighted by atomic mass is 10.3. The van der Waals surface area contributed by atoms with Crippen molar-refractivity contribution in [2.75, 3.05) is 43.9 Å². The van der Waals surface area contributed by atoms with E-state index in [1.165, 1.54) is 0 Å². The highest BCUT2D eigenvalue weighted by atomic mass is 15.1. The number of pyridine rings is 1. The standard InChI is InChI=1S/C13H24N4/c1-4-7-15-13-11-12(6-8-16-13)14-9-10-17(3)5-2/h6,8,11H,4-5,7,9-10H2,1-3H3,(H2,14,15,16). The molecule has 0 fully saturated rings. The Morgan fingerprint density at radius 3 is 2.76 bits per heavy atom. The molecule has 1 aromatic heterocycles. The zero-order chi connectivity index (χ0) is 12.5. The van der Waals surface area contributed by atoms with Gasteiger partial charge in [0, 0.05) is 37.6 Å². The number of nitrogens with zero attached hydrogens (tertiary/aromatic N) is 2. The molecular weight excluding hydrogens is 212 g/mol. The molecule has 0 aliphatic rings. The second-order valence-electron chi connectivity index (χ2n) is 4.18. The number of anilines is 2. The summed E-state index contributed by atoms with van der Waals surface area (Å²) in [6.07, 6.45) is 2.95. The first-order chi connectivity index (χ1) is 8.26. The van der Waals surface area contributed by atoms with Gasteiger partial charge in [-0.1, -0.05) is 13.8 Å². The topological polar surface area (TPSA) is 40.2 Å². The third kappa shape index (κ3) is 5.54. The Labute approximate surface area is 104 Å². The molecule has 1 heterocycles. The maximum atomic E-state index is 4.27. The largest absolute Gasteiger partial charge is 0.384 e. The summed E-state index contributed by atoms with van der Waals surface area (Å²) < 4.78 is 0. The minimum atomic E-state index is 0.945. The van der Waals surface area contributed by atoms with Gasteiger partial charge in [-0.2, -0.15) is 0 Å². The lowest BCUT2D eigenvalue weighted by Crippen LogP contribution is -2.24. The molecule has 0 saturated heterocycles. The molecule has 0 bridgehead atoms. The van der Waals surface area contributed by atoms with Gasteiger partial charge in [0.1, 0.15) is 5.82 Å². The van der Waals surface area contributed by atoms with Crippen LogP contribution in [0.15, 0.2) is 18.3 Å². The Hall–Kier alpha value is -1.29. The van der Waals surface area contributed by atoms with Crippen molar-refractivity contribution in [2.24, 2.45) is 0 Å². The zero-order valence-corrected chi connectivity index (χ0v) is 11.2. The summed E-state index contributed by atoms with van der Waals surface area (Å²) in [5.74, 6) is 0.945. The number of aromatic nitrogens is 1. The summed E-state index contributed by atoms with van der Waals surface area (Å²) in [7, 11) is 2.13. The predicted octanol–water partition coefficient (Wildman–Crippen LogP) is 2.27. The molecule has 4 nitrogen and oxygen atoms in total. The third-order valence-corrected chi connectivity index (χ3v) is 2.68. The summed E-state index contributed by atoms with van der Waals surface area (Å²) >= 11 is 0. The van der Waals surface area contributed by atoms with E-state index in [0.29, 0.717) is 0 Å². The first-order valence-corrected chi connectivity index (χ1v) is 6.38. The summed E-state index contributed by atoms with van der Waals surface area (Å²) in [5, 5.41) is 6.69. The second-order valence-corrected chi connectivity index (χ2v) is 4.18. The Bertz CT molecular complexity index is 314. The van der Waals surface area contributed by atoms with Gasteiger partial charge >= 0.3 is 0 Å². The summed E-state index contributed by atoms with van der Waals surface area (Å²) in [6.45, 7) is 8.38. The number of rotatable bonds is 8. The summed E-state index contributed by atoms with van der Waals surface area (Å²) in [6, 6.07) is 4.06. The monoisotopic (exact) mass is 236 g/mol. The highest BCUT2D eigenvalue weighted by Gasteiger charge is 1.97. The van der Waals surface area contributed by atoms with E-state index in [4.69, 9.17) is 0 Å². The fourth-order valence-electron chi connectivity index (χ4n) is 1.44. The SMILES string of the molecule is CCCNc1cc(NCCN(C)CC)ccn1. The van der Waals surface area contributed by atoms with E-state index in [1.54, 1.807) is 0 Å². The molecule has 0 unspecified atom stereocenters. The molecular formula is C13H24N4. The van der Waals surface area contributed by atoms with Gasteiger partial charge in [-0.05, 0) is 26.1 Å². The van der Waals surface area contributed by atoms with Gasteiger partial charge in [0.05, 0.1) is 0 Å². The minimum absolute atomic E-state index is 0.945. The van der Waals surface area contributed by atoms with Crippen LogP contribution >= 0.6 is 0 Å². The lowest BCUT2D eigenvalue weighted by molar-refractivity contribution is 0.367. The smallest absolute Gasteiger partial charge is 0.127 e. The van der Waals surface area contributed by atoms with Gasteiger partial charge in [-0.3, -0.25) is 0 Å². The van der Waals surface area contributed by atoms with E-state index in [0.717, 1.165) is 44.1 Å². The van der Waals surface area contributed by atoms with E-state index < -0.39 is 0 Å². The minimum Gasteiger partial charge on any atom is -0.384 e. The van der Waals surface area contributed by atoms with Crippen LogP contribution in [0, 0.1) is 0 Å². The van der Waals surface area contributed by atoms with Crippen LogP contribution in [-0.2, 0) is 0 Å². The van der Waals surface area contributed by atoms with Gasteiger partial charge in [-0.25, -0.2) is 4.98 Å². The average Bonchev–Trinajstić information content (AvgIpc) is 2.36. The van der Waals surface area contributed by atoms with E-state index in [1.807, 2.05) is 12.3 Å². The quantitative estimate of drug-likeness (QED) is 0.726. The van der Waals surface area contributed by atoms with Crippen LogP contribution in [0.1, 0.15) is 20.3 Å². The van der Waals surface area contributed by atoms with Crippen molar-refractivity contribution in [1.82, 2.24) is 9.88 Å².